The monoisotopic (exact) mass is 399 g/mol. The maximum absolute atomic E-state index is 12.4. The van der Waals surface area contributed by atoms with Crippen LogP contribution in [0.5, 0.6) is 0 Å². The summed E-state index contributed by atoms with van der Waals surface area (Å²) in [5.74, 6) is 0.677. The molecule has 3 rings (SSSR count). The molecule has 1 saturated heterocycles. The quantitative estimate of drug-likeness (QED) is 0.840. The number of carbonyl (C=O) groups excluding carboxylic acids is 1. The van der Waals surface area contributed by atoms with Crippen molar-refractivity contribution in [2.24, 2.45) is 0 Å². The van der Waals surface area contributed by atoms with Crippen molar-refractivity contribution in [3.05, 3.63) is 34.5 Å². The maximum atomic E-state index is 12.4. The number of nitrogens with zero attached hydrogens (tertiary/aromatic N) is 2. The van der Waals surface area contributed by atoms with Gasteiger partial charge in [-0.25, -0.2) is 4.79 Å². The largest absolute Gasteiger partial charge is 0.444 e. The number of aromatic amines is 1. The molecule has 0 bridgehead atoms. The molecule has 2 aliphatic rings. The molecule has 5 heteroatoms. The summed E-state index contributed by atoms with van der Waals surface area (Å²) in [7, 11) is 0. The average Bonchev–Trinajstić information content (AvgIpc) is 3.02. The van der Waals surface area contributed by atoms with Crippen LogP contribution < -0.4 is 10.6 Å². The van der Waals surface area contributed by atoms with E-state index in [1.807, 2.05) is 25.7 Å². The number of carbonyl (C=O) groups is 1. The van der Waals surface area contributed by atoms with Crippen LogP contribution in [-0.2, 0) is 4.74 Å². The zero-order chi connectivity index (χ0) is 21.0. The van der Waals surface area contributed by atoms with Crippen LogP contribution in [0.25, 0.3) is 11.8 Å². The van der Waals surface area contributed by atoms with Crippen LogP contribution in [-0.4, -0.2) is 52.7 Å². The molecule has 1 aromatic heterocycles. The number of aromatic nitrogens is 1. The van der Waals surface area contributed by atoms with Gasteiger partial charge in [-0.3, -0.25) is 0 Å². The van der Waals surface area contributed by atoms with Crippen molar-refractivity contribution in [3.8, 4) is 0 Å². The molecule has 1 saturated carbocycles. The predicted octanol–water partition coefficient (Wildman–Crippen LogP) is 3.71. The first-order chi connectivity index (χ1) is 13.8. The van der Waals surface area contributed by atoms with Crippen molar-refractivity contribution in [2.45, 2.75) is 71.8 Å². The van der Waals surface area contributed by atoms with Gasteiger partial charge < -0.3 is 19.5 Å². The minimum absolute atomic E-state index is 0.203. The van der Waals surface area contributed by atoms with E-state index >= 15 is 0 Å². The number of H-pyrrole nitrogens is 1. The van der Waals surface area contributed by atoms with Crippen LogP contribution in [0.2, 0.25) is 0 Å². The van der Waals surface area contributed by atoms with Crippen molar-refractivity contribution in [1.29, 1.82) is 0 Å². The highest BCUT2D eigenvalue weighted by Crippen LogP contribution is 2.34. The van der Waals surface area contributed by atoms with Crippen molar-refractivity contribution >= 4 is 17.9 Å². The topological polar surface area (TPSA) is 48.6 Å². The number of hydrogen-bond donors (Lipinski definition) is 1. The molecule has 0 radical (unpaired) electrons. The van der Waals surface area contributed by atoms with E-state index < -0.39 is 5.60 Å². The Balaban J connectivity index is 1.82. The van der Waals surface area contributed by atoms with Crippen LogP contribution in [0.1, 0.15) is 71.8 Å². The van der Waals surface area contributed by atoms with Crippen molar-refractivity contribution < 1.29 is 9.53 Å². The van der Waals surface area contributed by atoms with Gasteiger partial charge in [-0.1, -0.05) is 25.5 Å². The Bertz CT molecular complexity index is 848. The first kappa shape index (κ1) is 21.5. The van der Waals surface area contributed by atoms with Gasteiger partial charge in [0.1, 0.15) is 5.60 Å². The Morgan fingerprint density at radius 2 is 1.86 bits per heavy atom. The molecule has 0 spiro atoms. The van der Waals surface area contributed by atoms with Gasteiger partial charge in [-0.05, 0) is 64.5 Å². The van der Waals surface area contributed by atoms with E-state index in [1.54, 1.807) is 0 Å². The first-order valence-corrected chi connectivity index (χ1v) is 11.1. The minimum Gasteiger partial charge on any atom is -0.444 e. The van der Waals surface area contributed by atoms with Crippen LogP contribution in [0, 0.1) is 0 Å². The predicted molar refractivity (Wildman–Crippen MR) is 119 cm³/mol. The van der Waals surface area contributed by atoms with Gasteiger partial charge in [0.2, 0.25) is 0 Å². The third-order valence-electron chi connectivity index (χ3n) is 5.89. The van der Waals surface area contributed by atoms with Crippen molar-refractivity contribution in [2.75, 3.05) is 26.2 Å². The molecular formula is C24H37N3O2. The van der Waals surface area contributed by atoms with Gasteiger partial charge in [-0.15, -0.1) is 0 Å². The summed E-state index contributed by atoms with van der Waals surface area (Å²) in [6, 6.07) is 0. The normalized spacial score (nSPS) is 20.2. The van der Waals surface area contributed by atoms with Gasteiger partial charge in [0.25, 0.3) is 0 Å². The van der Waals surface area contributed by atoms with E-state index in [9.17, 15) is 4.79 Å². The summed E-state index contributed by atoms with van der Waals surface area (Å²) in [5, 5.41) is 2.56. The Kier molecular flexibility index (Phi) is 6.76. The molecule has 1 aliphatic carbocycles. The summed E-state index contributed by atoms with van der Waals surface area (Å²) >= 11 is 0. The Morgan fingerprint density at radius 3 is 2.41 bits per heavy atom. The molecule has 29 heavy (non-hydrogen) atoms. The Morgan fingerprint density at radius 1 is 1.21 bits per heavy atom. The molecule has 1 aliphatic heterocycles. The van der Waals surface area contributed by atoms with Gasteiger partial charge in [-0.2, -0.15) is 0 Å². The van der Waals surface area contributed by atoms with Gasteiger partial charge in [0.05, 0.1) is 0 Å². The standard InChI is InChI=1S/C24H37N3O2/c1-6-7-8-12-21-22(20(17-25-21)19-10-9-11-19)18(2)26-13-15-27(16-14-26)23(28)29-24(3,4)5/h7-8,12,17,19,25H,6,9-11,13-16H2,1-5H3/b8-7+,21-12+,22-18+. The number of rotatable bonds is 4. The second kappa shape index (κ2) is 9.10. The zero-order valence-electron chi connectivity index (χ0n) is 18.8. The maximum Gasteiger partial charge on any atom is 0.410 e. The number of allylic oxidation sites excluding steroid dienone is 2. The SMILES string of the molecule is CC/C=C/C=c1/[nH]cc(C2CCC2)/c1=C(/C)N1CCN(C(=O)OC(C)(C)C)CC1. The molecule has 0 atom stereocenters. The molecule has 2 heterocycles. The Hall–Kier alpha value is -2.17. The third-order valence-corrected chi connectivity index (χ3v) is 5.89. The third kappa shape index (κ3) is 5.26. The second-order valence-electron chi connectivity index (χ2n) is 9.20. The fourth-order valence-corrected chi connectivity index (χ4v) is 4.04. The lowest BCUT2D eigenvalue weighted by atomic mass is 9.80. The fourth-order valence-electron chi connectivity index (χ4n) is 4.04. The molecule has 2 fully saturated rings. The number of piperazine rings is 1. The zero-order valence-corrected chi connectivity index (χ0v) is 18.8. The van der Waals surface area contributed by atoms with Crippen LogP contribution in [0.15, 0.2) is 18.3 Å². The number of amides is 1. The highest BCUT2D eigenvalue weighted by molar-refractivity contribution is 5.68. The lowest BCUT2D eigenvalue weighted by molar-refractivity contribution is 0.0181. The fraction of sp³-hybridized carbons (Fsp3) is 0.625. The van der Waals surface area contributed by atoms with E-state index in [4.69, 9.17) is 4.74 Å². The van der Waals surface area contributed by atoms with Gasteiger partial charge in [0.15, 0.2) is 0 Å². The van der Waals surface area contributed by atoms with Crippen LogP contribution >= 0.6 is 0 Å². The van der Waals surface area contributed by atoms with Gasteiger partial charge >= 0.3 is 6.09 Å². The molecule has 1 amide bonds. The highest BCUT2D eigenvalue weighted by Gasteiger charge is 2.27. The second-order valence-corrected chi connectivity index (χ2v) is 9.20. The minimum atomic E-state index is -0.449. The smallest absolute Gasteiger partial charge is 0.410 e. The van der Waals surface area contributed by atoms with Crippen LogP contribution in [0.4, 0.5) is 4.79 Å². The first-order valence-electron chi connectivity index (χ1n) is 11.1. The summed E-state index contributed by atoms with van der Waals surface area (Å²) < 4.78 is 5.54. The summed E-state index contributed by atoms with van der Waals surface area (Å²) in [5.41, 5.74) is 2.32. The van der Waals surface area contributed by atoms with Crippen molar-refractivity contribution in [1.82, 2.24) is 14.8 Å². The summed E-state index contributed by atoms with van der Waals surface area (Å²) in [4.78, 5) is 20.1. The van der Waals surface area contributed by atoms with Gasteiger partial charge in [0, 0.05) is 48.6 Å². The molecule has 0 unspecified atom stereocenters. The molecule has 1 N–H and O–H groups in total. The lowest BCUT2D eigenvalue weighted by Crippen LogP contribution is -2.50. The average molecular weight is 400 g/mol. The van der Waals surface area contributed by atoms with E-state index in [1.165, 1.54) is 41.1 Å². The number of hydrogen-bond acceptors (Lipinski definition) is 3. The molecule has 1 aromatic rings. The van der Waals surface area contributed by atoms with Crippen LogP contribution in [0.3, 0.4) is 0 Å². The highest BCUT2D eigenvalue weighted by atomic mass is 16.6. The van der Waals surface area contributed by atoms with E-state index in [0.717, 1.165) is 19.5 Å². The van der Waals surface area contributed by atoms with Crippen molar-refractivity contribution in [3.63, 3.8) is 0 Å². The summed E-state index contributed by atoms with van der Waals surface area (Å²) in [6.07, 6.45) is 13.5. The molecule has 0 aromatic carbocycles. The molecule has 160 valence electrons. The van der Waals surface area contributed by atoms with E-state index in [0.29, 0.717) is 19.0 Å². The number of nitrogens with one attached hydrogen (secondary N) is 1. The van der Waals surface area contributed by atoms with E-state index in [-0.39, 0.29) is 6.09 Å². The van der Waals surface area contributed by atoms with E-state index in [2.05, 4.69) is 48.2 Å². The molecular weight excluding hydrogens is 362 g/mol. The lowest BCUT2D eigenvalue weighted by Gasteiger charge is -2.37. The Labute approximate surface area is 175 Å². The number of ether oxygens (including phenoxy) is 1. The summed E-state index contributed by atoms with van der Waals surface area (Å²) in [6.45, 7) is 13.2. The molecule has 5 nitrogen and oxygen atoms in total.